The normalized spacial score (nSPS) is 16.5. The number of halogens is 1. The van der Waals surface area contributed by atoms with E-state index in [4.69, 9.17) is 4.42 Å². The largest absolute Gasteiger partial charge is 0.468 e. The Labute approximate surface area is 170 Å². The summed E-state index contributed by atoms with van der Waals surface area (Å²) in [6, 6.07) is 4.25. The maximum atomic E-state index is 5.66. The molecule has 0 aromatic carbocycles. The Morgan fingerprint density at radius 1 is 1.40 bits per heavy atom. The summed E-state index contributed by atoms with van der Waals surface area (Å²) in [6.45, 7) is 5.78. The van der Waals surface area contributed by atoms with Crippen molar-refractivity contribution in [3.05, 3.63) is 40.2 Å². The molecule has 138 valence electrons. The molecule has 0 aliphatic carbocycles. The Hall–Kier alpha value is -1.13. The Bertz CT molecular complexity index is 652. The predicted octanol–water partition coefficient (Wildman–Crippen LogP) is 3.16. The van der Waals surface area contributed by atoms with Crippen LogP contribution in [0.3, 0.4) is 0 Å². The lowest BCUT2D eigenvalue weighted by atomic mass is 10.2. The van der Waals surface area contributed by atoms with E-state index in [2.05, 4.69) is 31.6 Å². The van der Waals surface area contributed by atoms with Gasteiger partial charge in [-0.05, 0) is 45.0 Å². The monoisotopic (exact) mass is 475 g/mol. The van der Waals surface area contributed by atoms with Gasteiger partial charge >= 0.3 is 0 Å². The third kappa shape index (κ3) is 5.68. The molecule has 2 aromatic heterocycles. The number of nitrogens with zero attached hydrogens (tertiary/aromatic N) is 3. The van der Waals surface area contributed by atoms with E-state index in [1.807, 2.05) is 19.2 Å². The second-order valence-corrected chi connectivity index (χ2v) is 7.25. The van der Waals surface area contributed by atoms with E-state index >= 15 is 0 Å². The van der Waals surface area contributed by atoms with Crippen LogP contribution in [-0.2, 0) is 6.54 Å². The van der Waals surface area contributed by atoms with Gasteiger partial charge in [0.25, 0.3) is 0 Å². The van der Waals surface area contributed by atoms with Crippen molar-refractivity contribution in [2.24, 2.45) is 4.99 Å². The summed E-state index contributed by atoms with van der Waals surface area (Å²) >= 11 is 1.70. The molecule has 3 heterocycles. The summed E-state index contributed by atoms with van der Waals surface area (Å²) in [7, 11) is 1.80. The van der Waals surface area contributed by atoms with Crippen LogP contribution in [-0.4, -0.2) is 42.5 Å². The van der Waals surface area contributed by atoms with Gasteiger partial charge in [0, 0.05) is 24.7 Å². The number of nitrogens with one attached hydrogen (secondary N) is 2. The van der Waals surface area contributed by atoms with Gasteiger partial charge in [-0.1, -0.05) is 0 Å². The van der Waals surface area contributed by atoms with Crippen LogP contribution in [0.1, 0.15) is 34.5 Å². The highest BCUT2D eigenvalue weighted by Crippen LogP contribution is 2.24. The van der Waals surface area contributed by atoms with Crippen molar-refractivity contribution < 1.29 is 4.42 Å². The van der Waals surface area contributed by atoms with Gasteiger partial charge in [-0.2, -0.15) is 0 Å². The minimum atomic E-state index is 0. The molecule has 2 N–H and O–H groups in total. The minimum Gasteiger partial charge on any atom is -0.468 e. The number of hydrogen-bond donors (Lipinski definition) is 2. The average molecular weight is 475 g/mol. The second-order valence-electron chi connectivity index (χ2n) is 5.93. The van der Waals surface area contributed by atoms with Crippen molar-refractivity contribution in [2.75, 3.05) is 26.7 Å². The van der Waals surface area contributed by atoms with Crippen LogP contribution in [0, 0.1) is 6.92 Å². The van der Waals surface area contributed by atoms with Gasteiger partial charge in [0.15, 0.2) is 5.96 Å². The molecule has 0 bridgehead atoms. The zero-order valence-electron chi connectivity index (χ0n) is 14.7. The van der Waals surface area contributed by atoms with Crippen LogP contribution in [0.4, 0.5) is 0 Å². The topological polar surface area (TPSA) is 65.7 Å². The molecular weight excluding hydrogens is 449 g/mol. The standard InChI is InChI=1S/C17H25N5OS.HI/c1-13-19-10-14(24-13)11-20-17(18-2)21-12-15(16-6-5-9-23-16)22-7-3-4-8-22;/h5-6,9-10,15H,3-4,7-8,11-12H2,1-2H3,(H2,18,20,21);1H. The van der Waals surface area contributed by atoms with E-state index in [9.17, 15) is 0 Å². The molecule has 1 fully saturated rings. The smallest absolute Gasteiger partial charge is 0.191 e. The maximum Gasteiger partial charge on any atom is 0.191 e. The lowest BCUT2D eigenvalue weighted by molar-refractivity contribution is 0.215. The molecule has 1 saturated heterocycles. The Kier molecular flexibility index (Phi) is 8.17. The van der Waals surface area contributed by atoms with E-state index in [0.717, 1.165) is 42.9 Å². The van der Waals surface area contributed by atoms with Crippen LogP contribution in [0.15, 0.2) is 34.0 Å². The van der Waals surface area contributed by atoms with Crippen LogP contribution in [0.5, 0.6) is 0 Å². The summed E-state index contributed by atoms with van der Waals surface area (Å²) in [6.07, 6.45) is 6.18. The number of likely N-dealkylation sites (tertiary alicyclic amines) is 1. The lowest BCUT2D eigenvalue weighted by Crippen LogP contribution is -2.42. The molecule has 0 amide bonds. The Morgan fingerprint density at radius 2 is 2.20 bits per heavy atom. The molecule has 8 heteroatoms. The van der Waals surface area contributed by atoms with E-state index in [1.165, 1.54) is 17.7 Å². The average Bonchev–Trinajstić information content (AvgIpc) is 3.33. The van der Waals surface area contributed by atoms with Crippen molar-refractivity contribution in [1.82, 2.24) is 20.5 Å². The number of rotatable bonds is 6. The van der Waals surface area contributed by atoms with Crippen molar-refractivity contribution >= 4 is 41.3 Å². The number of aliphatic imine (C=N–C) groups is 1. The van der Waals surface area contributed by atoms with Crippen LogP contribution in [0.2, 0.25) is 0 Å². The zero-order chi connectivity index (χ0) is 16.8. The molecule has 0 spiro atoms. The molecule has 6 nitrogen and oxygen atoms in total. The molecule has 1 atom stereocenters. The summed E-state index contributed by atoms with van der Waals surface area (Å²) in [5.74, 6) is 1.81. The molecule has 25 heavy (non-hydrogen) atoms. The van der Waals surface area contributed by atoms with Crippen molar-refractivity contribution in [1.29, 1.82) is 0 Å². The first kappa shape index (κ1) is 20.2. The zero-order valence-corrected chi connectivity index (χ0v) is 17.8. The number of thiazole rings is 1. The molecule has 1 unspecified atom stereocenters. The number of aromatic nitrogens is 1. The molecule has 1 aliphatic heterocycles. The highest BCUT2D eigenvalue weighted by atomic mass is 127. The van der Waals surface area contributed by atoms with Gasteiger partial charge in [-0.3, -0.25) is 9.89 Å². The fraction of sp³-hybridized carbons (Fsp3) is 0.529. The molecule has 0 saturated carbocycles. The fourth-order valence-electron chi connectivity index (χ4n) is 3.02. The third-order valence-electron chi connectivity index (χ3n) is 4.24. The number of aryl methyl sites for hydroxylation is 1. The second kappa shape index (κ2) is 10.1. The quantitative estimate of drug-likeness (QED) is 0.382. The number of furan rings is 1. The van der Waals surface area contributed by atoms with Gasteiger partial charge in [0.2, 0.25) is 0 Å². The summed E-state index contributed by atoms with van der Waals surface area (Å²) in [5, 5.41) is 7.87. The number of guanidine groups is 1. The van der Waals surface area contributed by atoms with E-state index in [0.29, 0.717) is 0 Å². The van der Waals surface area contributed by atoms with E-state index < -0.39 is 0 Å². The summed E-state index contributed by atoms with van der Waals surface area (Å²) in [5.41, 5.74) is 0. The first-order valence-electron chi connectivity index (χ1n) is 8.39. The molecule has 0 radical (unpaired) electrons. The molecular formula is C17H26IN5OS. The van der Waals surface area contributed by atoms with Crippen molar-refractivity contribution in [3.8, 4) is 0 Å². The molecule has 1 aliphatic rings. The number of hydrogen-bond acceptors (Lipinski definition) is 5. The van der Waals surface area contributed by atoms with Gasteiger partial charge in [-0.25, -0.2) is 4.98 Å². The highest BCUT2D eigenvalue weighted by Gasteiger charge is 2.25. The Balaban J connectivity index is 0.00000225. The SMILES string of the molecule is CN=C(NCc1cnc(C)s1)NCC(c1ccco1)N1CCCC1.I. The van der Waals surface area contributed by atoms with Crippen molar-refractivity contribution in [3.63, 3.8) is 0 Å². The third-order valence-corrected chi connectivity index (χ3v) is 5.15. The van der Waals surface area contributed by atoms with E-state index in [-0.39, 0.29) is 30.0 Å². The van der Waals surface area contributed by atoms with Crippen LogP contribution in [0.25, 0.3) is 0 Å². The predicted molar refractivity (Wildman–Crippen MR) is 113 cm³/mol. The first-order valence-corrected chi connectivity index (χ1v) is 9.21. The van der Waals surface area contributed by atoms with Gasteiger partial charge in [0.1, 0.15) is 5.76 Å². The molecule has 3 rings (SSSR count). The van der Waals surface area contributed by atoms with Gasteiger partial charge < -0.3 is 15.1 Å². The van der Waals surface area contributed by atoms with E-state index in [1.54, 1.807) is 24.6 Å². The van der Waals surface area contributed by atoms with Crippen molar-refractivity contribution in [2.45, 2.75) is 32.4 Å². The van der Waals surface area contributed by atoms with Gasteiger partial charge in [0.05, 0.1) is 23.9 Å². The lowest BCUT2D eigenvalue weighted by Gasteiger charge is -2.26. The maximum absolute atomic E-state index is 5.66. The highest BCUT2D eigenvalue weighted by molar-refractivity contribution is 14.0. The molecule has 2 aromatic rings. The van der Waals surface area contributed by atoms with Crippen LogP contribution < -0.4 is 10.6 Å². The minimum absolute atomic E-state index is 0. The Morgan fingerprint density at radius 3 is 2.80 bits per heavy atom. The fourth-order valence-corrected chi connectivity index (χ4v) is 3.75. The van der Waals surface area contributed by atoms with Gasteiger partial charge in [-0.15, -0.1) is 35.3 Å². The first-order chi connectivity index (χ1) is 11.8. The summed E-state index contributed by atoms with van der Waals surface area (Å²) in [4.78, 5) is 12.3. The summed E-state index contributed by atoms with van der Waals surface area (Å²) < 4.78 is 5.66. The van der Waals surface area contributed by atoms with Crippen LogP contribution >= 0.6 is 35.3 Å².